The smallest absolute Gasteiger partial charge is 0.331 e. The van der Waals surface area contributed by atoms with Gasteiger partial charge in [-0.1, -0.05) is 5.16 Å². The van der Waals surface area contributed by atoms with Gasteiger partial charge in [0.2, 0.25) is 0 Å². The standard InChI is InChI=1S/C35H44N12O2S/c1-19(2)46(23-17-44(18-23)34(48)47-21(4)41-42-22(47)5)28-14-27(45-13-12-38-16-20(45)3)39-33(40-28)30-24-8-6-10-35(31(24)49-43-30)11-7-9-26-29(35)25(15-36)32(37)50-26/h14,19-20,23,38H,6-13,16-18,37H2,1-5H3/t20-,35-/m0/s1. The molecule has 14 nitrogen and oxygen atoms in total. The minimum absolute atomic E-state index is 0.0655. The number of nitriles is 1. The largest absolute Gasteiger partial charge is 0.389 e. The highest BCUT2D eigenvalue weighted by Crippen LogP contribution is 2.55. The van der Waals surface area contributed by atoms with Gasteiger partial charge in [0.15, 0.2) is 17.3 Å². The number of nitrogens with two attached hydrogens (primary N) is 1. The van der Waals surface area contributed by atoms with Crippen molar-refractivity contribution in [3.63, 3.8) is 0 Å². The van der Waals surface area contributed by atoms with Crippen LogP contribution in [0.4, 0.5) is 21.4 Å². The zero-order chi connectivity index (χ0) is 34.9. The van der Waals surface area contributed by atoms with Crippen molar-refractivity contribution < 1.29 is 9.32 Å². The first kappa shape index (κ1) is 32.6. The molecule has 2 aliphatic carbocycles. The summed E-state index contributed by atoms with van der Waals surface area (Å²) in [5.41, 5.74) is 9.32. The van der Waals surface area contributed by atoms with Crippen LogP contribution in [0.3, 0.4) is 0 Å². The minimum Gasteiger partial charge on any atom is -0.389 e. The molecule has 4 aromatic rings. The number of anilines is 3. The number of nitrogen functional groups attached to an aromatic ring is 1. The van der Waals surface area contributed by atoms with Gasteiger partial charge < -0.3 is 30.3 Å². The summed E-state index contributed by atoms with van der Waals surface area (Å²) in [5.74, 6) is 4.21. The van der Waals surface area contributed by atoms with Gasteiger partial charge in [0.1, 0.15) is 34.4 Å². The number of rotatable bonds is 5. The van der Waals surface area contributed by atoms with E-state index in [1.807, 2.05) is 4.90 Å². The second kappa shape index (κ2) is 12.3. The second-order valence-corrected chi connectivity index (χ2v) is 15.6. The number of amides is 1. The van der Waals surface area contributed by atoms with Gasteiger partial charge >= 0.3 is 6.03 Å². The Morgan fingerprint density at radius 1 is 1.18 bits per heavy atom. The Hall–Kier alpha value is -4.55. The van der Waals surface area contributed by atoms with E-state index in [2.05, 4.69) is 58.2 Å². The average Bonchev–Trinajstić information content (AvgIpc) is 3.77. The van der Waals surface area contributed by atoms with Crippen LogP contribution in [0.1, 0.15) is 85.4 Å². The maximum atomic E-state index is 13.4. The van der Waals surface area contributed by atoms with E-state index in [4.69, 9.17) is 25.4 Å². The van der Waals surface area contributed by atoms with Crippen molar-refractivity contribution in [3.8, 4) is 17.6 Å². The Bertz CT molecular complexity index is 1980. The van der Waals surface area contributed by atoms with E-state index in [1.54, 1.807) is 29.8 Å². The number of fused-ring (bicyclic) bond motifs is 4. The minimum atomic E-state index is -0.424. The Morgan fingerprint density at radius 2 is 1.92 bits per heavy atom. The van der Waals surface area contributed by atoms with Crippen LogP contribution in [0.25, 0.3) is 11.5 Å². The molecular formula is C35H44N12O2S. The van der Waals surface area contributed by atoms with Crippen molar-refractivity contribution in [2.45, 2.75) is 96.7 Å². The summed E-state index contributed by atoms with van der Waals surface area (Å²) in [5, 5.41) is 27.1. The highest BCUT2D eigenvalue weighted by molar-refractivity contribution is 7.16. The number of nitrogens with one attached hydrogen (secondary N) is 1. The molecule has 4 aromatic heterocycles. The summed E-state index contributed by atoms with van der Waals surface area (Å²) in [6.07, 6.45) is 5.46. The van der Waals surface area contributed by atoms with E-state index >= 15 is 0 Å². The third-order valence-electron chi connectivity index (χ3n) is 11.1. The molecule has 50 heavy (non-hydrogen) atoms. The zero-order valence-corrected chi connectivity index (χ0v) is 30.2. The van der Waals surface area contributed by atoms with Crippen LogP contribution in [-0.4, -0.2) is 91.7 Å². The molecule has 1 spiro atoms. The molecule has 262 valence electrons. The zero-order valence-electron chi connectivity index (χ0n) is 29.4. The number of carbonyl (C=O) groups is 1. The van der Waals surface area contributed by atoms with Gasteiger partial charge in [-0.25, -0.2) is 19.3 Å². The first-order valence-corrected chi connectivity index (χ1v) is 18.6. The van der Waals surface area contributed by atoms with Crippen LogP contribution < -0.4 is 20.9 Å². The van der Waals surface area contributed by atoms with Crippen molar-refractivity contribution in [1.82, 2.24) is 40.1 Å². The van der Waals surface area contributed by atoms with Gasteiger partial charge in [0, 0.05) is 61.3 Å². The van der Waals surface area contributed by atoms with E-state index in [0.29, 0.717) is 46.8 Å². The number of aromatic nitrogens is 6. The number of aryl methyl sites for hydroxylation is 3. The molecule has 0 bridgehead atoms. The van der Waals surface area contributed by atoms with Gasteiger partial charge in [-0.15, -0.1) is 21.5 Å². The van der Waals surface area contributed by atoms with E-state index in [-0.39, 0.29) is 24.2 Å². The Labute approximate surface area is 295 Å². The third-order valence-corrected chi connectivity index (χ3v) is 12.2. The van der Waals surface area contributed by atoms with Crippen LogP contribution in [0.2, 0.25) is 0 Å². The molecule has 2 saturated heterocycles. The van der Waals surface area contributed by atoms with Crippen LogP contribution in [0, 0.1) is 25.2 Å². The summed E-state index contributed by atoms with van der Waals surface area (Å²) in [7, 11) is 0. The number of carbonyl (C=O) groups excluding carboxylic acids is 1. The highest BCUT2D eigenvalue weighted by atomic mass is 32.1. The average molecular weight is 697 g/mol. The van der Waals surface area contributed by atoms with Gasteiger partial charge in [0.05, 0.1) is 17.0 Å². The van der Waals surface area contributed by atoms with Crippen LogP contribution >= 0.6 is 11.3 Å². The molecule has 2 fully saturated rings. The molecule has 0 aromatic carbocycles. The van der Waals surface area contributed by atoms with E-state index in [1.165, 1.54) is 4.88 Å². The molecule has 8 rings (SSSR count). The maximum Gasteiger partial charge on any atom is 0.331 e. The molecule has 0 unspecified atom stereocenters. The Morgan fingerprint density at radius 3 is 2.62 bits per heavy atom. The highest BCUT2D eigenvalue weighted by Gasteiger charge is 2.49. The first-order valence-electron chi connectivity index (χ1n) is 17.7. The van der Waals surface area contributed by atoms with Gasteiger partial charge in [-0.05, 0) is 78.7 Å². The summed E-state index contributed by atoms with van der Waals surface area (Å²) in [6.45, 7) is 13.8. The lowest BCUT2D eigenvalue weighted by molar-refractivity contribution is 0.146. The molecule has 0 radical (unpaired) electrons. The number of hydrogen-bond donors (Lipinski definition) is 2. The molecule has 2 atom stereocenters. The monoisotopic (exact) mass is 696 g/mol. The Kier molecular flexibility index (Phi) is 8.06. The van der Waals surface area contributed by atoms with Gasteiger partial charge in [0.25, 0.3) is 0 Å². The quantitative estimate of drug-likeness (QED) is 0.306. The fourth-order valence-electron chi connectivity index (χ4n) is 8.75. The van der Waals surface area contributed by atoms with Crippen molar-refractivity contribution in [1.29, 1.82) is 5.26 Å². The lowest BCUT2D eigenvalue weighted by Crippen LogP contribution is -2.63. The van der Waals surface area contributed by atoms with Crippen molar-refractivity contribution >= 4 is 34.0 Å². The number of likely N-dealkylation sites (tertiary alicyclic amines) is 1. The summed E-state index contributed by atoms with van der Waals surface area (Å²) < 4.78 is 7.93. The fraction of sp³-hybridized carbons (Fsp3) is 0.571. The van der Waals surface area contributed by atoms with E-state index < -0.39 is 5.41 Å². The Balaban J connectivity index is 1.19. The van der Waals surface area contributed by atoms with E-state index in [9.17, 15) is 10.1 Å². The number of piperazine rings is 1. The second-order valence-electron chi connectivity index (χ2n) is 14.5. The van der Waals surface area contributed by atoms with Crippen LogP contribution in [0.15, 0.2) is 10.6 Å². The predicted molar refractivity (Wildman–Crippen MR) is 191 cm³/mol. The summed E-state index contributed by atoms with van der Waals surface area (Å²) in [4.78, 5) is 31.5. The summed E-state index contributed by atoms with van der Waals surface area (Å²) >= 11 is 1.55. The van der Waals surface area contributed by atoms with Crippen molar-refractivity contribution in [2.75, 3.05) is 48.3 Å². The number of nitrogens with zero attached hydrogens (tertiary/aromatic N) is 10. The SMILES string of the molecule is Cc1nnc(C)n1C(=O)N1CC(N(c2cc(N3CCNC[C@@H]3C)nc(-c3noc4c3CCC[C@@]43CCCc4sc(N)c(C#N)c43)n2)C(C)C)C1. The van der Waals surface area contributed by atoms with Crippen LogP contribution in [-0.2, 0) is 18.3 Å². The molecule has 4 aliphatic rings. The van der Waals surface area contributed by atoms with Gasteiger partial charge in [-0.3, -0.25) is 0 Å². The topological polar surface area (TPSA) is 171 Å². The molecule has 6 heterocycles. The predicted octanol–water partition coefficient (Wildman–Crippen LogP) is 4.18. The lowest BCUT2D eigenvalue weighted by Gasteiger charge is -2.47. The van der Waals surface area contributed by atoms with Crippen molar-refractivity contribution in [3.05, 3.63) is 45.0 Å². The molecule has 2 aliphatic heterocycles. The lowest BCUT2D eigenvalue weighted by atomic mass is 9.63. The normalized spacial score (nSPS) is 22.0. The molecular weight excluding hydrogens is 653 g/mol. The first-order chi connectivity index (χ1) is 24.1. The van der Waals surface area contributed by atoms with E-state index in [0.717, 1.165) is 86.7 Å². The fourth-order valence-corrected chi connectivity index (χ4v) is 9.91. The molecule has 15 heteroatoms. The molecule has 3 N–H and O–H groups in total. The number of thiophene rings is 1. The maximum absolute atomic E-state index is 13.4. The van der Waals surface area contributed by atoms with Crippen LogP contribution in [0.5, 0.6) is 0 Å². The number of hydrogen-bond acceptors (Lipinski definition) is 13. The van der Waals surface area contributed by atoms with Crippen molar-refractivity contribution in [2.24, 2.45) is 0 Å². The molecule has 1 amide bonds. The molecule has 0 saturated carbocycles. The van der Waals surface area contributed by atoms with Gasteiger partial charge in [-0.2, -0.15) is 5.26 Å². The third kappa shape index (κ3) is 5.06. The summed E-state index contributed by atoms with van der Waals surface area (Å²) in [6, 6.07) is 4.82.